The minimum atomic E-state index is -4.69. The van der Waals surface area contributed by atoms with Crippen LogP contribution in [-0.2, 0) is 11.0 Å². The highest BCUT2D eigenvalue weighted by molar-refractivity contribution is 9.10. The quantitative estimate of drug-likeness (QED) is 0.487. The molecule has 134 valence electrons. The van der Waals surface area contributed by atoms with Crippen molar-refractivity contribution in [1.29, 1.82) is 0 Å². The van der Waals surface area contributed by atoms with E-state index in [1.807, 2.05) is 0 Å². The van der Waals surface area contributed by atoms with Gasteiger partial charge < -0.3 is 0 Å². The fourth-order valence-corrected chi connectivity index (χ4v) is 3.60. The van der Waals surface area contributed by atoms with Gasteiger partial charge in [-0.3, -0.25) is 9.59 Å². The molecular formula is C17H8BrClF3NO2S. The number of halogens is 5. The van der Waals surface area contributed by atoms with Gasteiger partial charge in [-0.1, -0.05) is 39.7 Å². The van der Waals surface area contributed by atoms with Gasteiger partial charge in [0, 0.05) is 4.47 Å². The number of nitrogens with zero attached hydrogens (tertiary/aromatic N) is 1. The molecule has 1 saturated heterocycles. The highest BCUT2D eigenvalue weighted by Crippen LogP contribution is 2.40. The zero-order valence-corrected chi connectivity index (χ0v) is 15.8. The maximum atomic E-state index is 13.0. The van der Waals surface area contributed by atoms with Gasteiger partial charge in [-0.15, -0.1) is 0 Å². The molecule has 0 atom stereocenters. The van der Waals surface area contributed by atoms with E-state index in [1.54, 1.807) is 24.3 Å². The van der Waals surface area contributed by atoms with E-state index in [9.17, 15) is 22.8 Å². The van der Waals surface area contributed by atoms with Crippen LogP contribution in [0.3, 0.4) is 0 Å². The van der Waals surface area contributed by atoms with Crippen molar-refractivity contribution in [2.75, 3.05) is 4.90 Å². The molecule has 1 heterocycles. The van der Waals surface area contributed by atoms with Crippen LogP contribution in [0.25, 0.3) is 6.08 Å². The number of imide groups is 1. The first-order chi connectivity index (χ1) is 12.2. The van der Waals surface area contributed by atoms with E-state index in [4.69, 9.17) is 11.6 Å². The summed E-state index contributed by atoms with van der Waals surface area (Å²) >= 11 is 9.54. The smallest absolute Gasteiger partial charge is 0.268 e. The Kier molecular flexibility index (Phi) is 5.18. The molecule has 2 aromatic rings. The summed E-state index contributed by atoms with van der Waals surface area (Å²) in [4.78, 5) is 25.6. The van der Waals surface area contributed by atoms with Crippen LogP contribution in [0.1, 0.15) is 11.1 Å². The molecule has 0 aromatic heterocycles. The monoisotopic (exact) mass is 461 g/mol. The van der Waals surface area contributed by atoms with E-state index in [2.05, 4.69) is 15.9 Å². The maximum Gasteiger partial charge on any atom is 0.417 e. The summed E-state index contributed by atoms with van der Waals surface area (Å²) in [6.45, 7) is 0. The van der Waals surface area contributed by atoms with Crippen molar-refractivity contribution in [3.63, 3.8) is 0 Å². The van der Waals surface area contributed by atoms with Crippen LogP contribution in [0.5, 0.6) is 0 Å². The fraction of sp³-hybridized carbons (Fsp3) is 0.0588. The number of hydrogen-bond donors (Lipinski definition) is 0. The van der Waals surface area contributed by atoms with Crippen LogP contribution in [0.4, 0.5) is 23.7 Å². The Morgan fingerprint density at radius 1 is 1.08 bits per heavy atom. The van der Waals surface area contributed by atoms with Crippen molar-refractivity contribution < 1.29 is 22.8 Å². The van der Waals surface area contributed by atoms with E-state index in [0.717, 1.165) is 10.5 Å². The van der Waals surface area contributed by atoms with Crippen LogP contribution in [0, 0.1) is 0 Å². The van der Waals surface area contributed by atoms with Crippen molar-refractivity contribution in [2.45, 2.75) is 6.18 Å². The van der Waals surface area contributed by atoms with Gasteiger partial charge in [0.25, 0.3) is 11.1 Å². The molecule has 2 aromatic carbocycles. The Morgan fingerprint density at radius 2 is 1.73 bits per heavy atom. The number of amides is 2. The van der Waals surface area contributed by atoms with Gasteiger partial charge in [-0.05, 0) is 53.7 Å². The minimum Gasteiger partial charge on any atom is -0.268 e. The molecule has 1 aliphatic rings. The van der Waals surface area contributed by atoms with E-state index >= 15 is 0 Å². The van der Waals surface area contributed by atoms with Crippen LogP contribution in [-0.4, -0.2) is 11.1 Å². The first-order valence-electron chi connectivity index (χ1n) is 7.07. The van der Waals surface area contributed by atoms with Gasteiger partial charge in [0.2, 0.25) is 0 Å². The Balaban J connectivity index is 1.96. The van der Waals surface area contributed by atoms with Crippen LogP contribution < -0.4 is 4.90 Å². The van der Waals surface area contributed by atoms with Crippen LogP contribution >= 0.6 is 39.3 Å². The van der Waals surface area contributed by atoms with E-state index in [-0.39, 0.29) is 10.6 Å². The van der Waals surface area contributed by atoms with Crippen molar-refractivity contribution in [1.82, 2.24) is 0 Å². The number of benzene rings is 2. The summed E-state index contributed by atoms with van der Waals surface area (Å²) in [7, 11) is 0. The number of carbonyl (C=O) groups excluding carboxylic acids is 2. The van der Waals surface area contributed by atoms with E-state index in [0.29, 0.717) is 28.3 Å². The molecule has 1 aliphatic heterocycles. The Bertz CT molecular complexity index is 929. The average Bonchev–Trinajstić information content (AvgIpc) is 2.83. The van der Waals surface area contributed by atoms with E-state index in [1.165, 1.54) is 12.1 Å². The number of thioether (sulfide) groups is 1. The molecule has 0 unspecified atom stereocenters. The molecule has 0 bridgehead atoms. The lowest BCUT2D eigenvalue weighted by Crippen LogP contribution is -2.28. The number of carbonyl (C=O) groups is 2. The van der Waals surface area contributed by atoms with Gasteiger partial charge >= 0.3 is 6.18 Å². The topological polar surface area (TPSA) is 37.4 Å². The molecular weight excluding hydrogens is 455 g/mol. The predicted molar refractivity (Wildman–Crippen MR) is 99.0 cm³/mol. The first-order valence-corrected chi connectivity index (χ1v) is 9.06. The maximum absolute atomic E-state index is 13.0. The number of rotatable bonds is 2. The molecule has 3 rings (SSSR count). The molecule has 3 nitrogen and oxygen atoms in total. The zero-order valence-electron chi connectivity index (χ0n) is 12.7. The normalized spacial score (nSPS) is 16.7. The second-order valence-corrected chi connectivity index (χ2v) is 7.55. The van der Waals surface area contributed by atoms with Gasteiger partial charge in [-0.2, -0.15) is 13.2 Å². The SMILES string of the molecule is O=C1S/C(=C\c2ccc(Br)cc2)C(=O)N1c1ccc(Cl)c(C(F)(F)F)c1. The zero-order chi connectivity index (χ0) is 19.1. The van der Waals surface area contributed by atoms with Crippen molar-refractivity contribution in [3.8, 4) is 0 Å². The molecule has 0 saturated carbocycles. The van der Waals surface area contributed by atoms with Gasteiger partial charge in [0.05, 0.1) is 21.2 Å². The molecule has 0 radical (unpaired) electrons. The van der Waals surface area contributed by atoms with Gasteiger partial charge in [0.15, 0.2) is 0 Å². The Labute approximate surface area is 163 Å². The lowest BCUT2D eigenvalue weighted by atomic mass is 10.1. The highest BCUT2D eigenvalue weighted by Gasteiger charge is 2.39. The molecule has 9 heteroatoms. The summed E-state index contributed by atoms with van der Waals surface area (Å²) in [6, 6.07) is 9.93. The van der Waals surface area contributed by atoms with E-state index < -0.39 is 27.9 Å². The summed E-state index contributed by atoms with van der Waals surface area (Å²) in [6.07, 6.45) is -3.18. The molecule has 1 fully saturated rings. The summed E-state index contributed by atoms with van der Waals surface area (Å²) in [5, 5.41) is -1.17. The summed E-state index contributed by atoms with van der Waals surface area (Å²) < 4.78 is 39.9. The third kappa shape index (κ3) is 3.82. The second-order valence-electron chi connectivity index (χ2n) is 5.23. The average molecular weight is 463 g/mol. The number of alkyl halides is 3. The largest absolute Gasteiger partial charge is 0.417 e. The minimum absolute atomic E-state index is 0.126. The molecule has 26 heavy (non-hydrogen) atoms. The fourth-order valence-electron chi connectivity index (χ4n) is 2.27. The third-order valence-electron chi connectivity index (χ3n) is 3.48. The Hall–Kier alpha value is -1.77. The van der Waals surface area contributed by atoms with Crippen LogP contribution in [0.15, 0.2) is 51.8 Å². The third-order valence-corrected chi connectivity index (χ3v) is 5.20. The Morgan fingerprint density at radius 3 is 2.35 bits per heavy atom. The molecule has 0 spiro atoms. The summed E-state index contributed by atoms with van der Waals surface area (Å²) in [5.41, 5.74) is -0.596. The van der Waals surface area contributed by atoms with Crippen molar-refractivity contribution in [3.05, 3.63) is 68.0 Å². The lowest BCUT2D eigenvalue weighted by molar-refractivity contribution is -0.137. The molecule has 0 aliphatic carbocycles. The highest BCUT2D eigenvalue weighted by atomic mass is 79.9. The van der Waals surface area contributed by atoms with Crippen molar-refractivity contribution in [2.24, 2.45) is 0 Å². The van der Waals surface area contributed by atoms with Gasteiger partial charge in [0.1, 0.15) is 0 Å². The molecule has 0 N–H and O–H groups in total. The number of hydrogen-bond acceptors (Lipinski definition) is 3. The van der Waals surface area contributed by atoms with Gasteiger partial charge in [-0.25, -0.2) is 4.90 Å². The standard InChI is InChI=1S/C17H8BrClF3NO2S/c18-10-3-1-9(2-4-10)7-14-15(24)23(16(25)26-14)11-5-6-13(19)12(8-11)17(20,21)22/h1-8H/b14-7-. The number of anilines is 1. The van der Waals surface area contributed by atoms with Crippen LogP contribution in [0.2, 0.25) is 5.02 Å². The van der Waals surface area contributed by atoms with Crippen molar-refractivity contribution >= 4 is 62.2 Å². The predicted octanol–water partition coefficient (Wildman–Crippen LogP) is 6.36. The summed E-state index contributed by atoms with van der Waals surface area (Å²) in [5.74, 6) is -0.682. The molecule has 2 amide bonds. The second kappa shape index (κ2) is 7.09. The first kappa shape index (κ1) is 19.0. The lowest BCUT2D eigenvalue weighted by Gasteiger charge is -2.16.